The van der Waals surface area contributed by atoms with Crippen LogP contribution in [0.4, 0.5) is 34.1 Å². The molecule has 5 aromatic rings. The van der Waals surface area contributed by atoms with E-state index in [1.54, 1.807) is 12.1 Å². The van der Waals surface area contributed by atoms with Crippen molar-refractivity contribution < 1.29 is 19.1 Å². The van der Waals surface area contributed by atoms with Gasteiger partial charge in [-0.1, -0.05) is 18.7 Å². The molecule has 242 valence electrons. The van der Waals surface area contributed by atoms with Gasteiger partial charge in [-0.05, 0) is 128 Å². The van der Waals surface area contributed by atoms with Crippen molar-refractivity contribution in [1.29, 1.82) is 0 Å². The molecule has 1 fully saturated rings. The summed E-state index contributed by atoms with van der Waals surface area (Å²) >= 11 is 0. The van der Waals surface area contributed by atoms with Crippen molar-refractivity contribution in [2.75, 3.05) is 42.4 Å². The van der Waals surface area contributed by atoms with Crippen LogP contribution in [0.15, 0.2) is 134 Å². The average molecular weight is 638 g/mol. The van der Waals surface area contributed by atoms with Crippen LogP contribution in [-0.2, 0) is 9.53 Å². The van der Waals surface area contributed by atoms with Crippen molar-refractivity contribution >= 4 is 45.9 Å². The van der Waals surface area contributed by atoms with Crippen molar-refractivity contribution in [3.63, 3.8) is 0 Å². The third-order valence-corrected chi connectivity index (χ3v) is 8.85. The number of carbonyl (C=O) groups excluding carboxylic acids is 2. The highest BCUT2D eigenvalue weighted by molar-refractivity contribution is 6.09. The summed E-state index contributed by atoms with van der Waals surface area (Å²) in [6.07, 6.45) is 3.54. The topological polar surface area (TPSA) is 62.3 Å². The Hall–Kier alpha value is -5.66. The van der Waals surface area contributed by atoms with E-state index in [0.717, 1.165) is 59.6 Å². The molecule has 1 unspecified atom stereocenters. The minimum atomic E-state index is -0.487. The fourth-order valence-corrected chi connectivity index (χ4v) is 5.84. The summed E-state index contributed by atoms with van der Waals surface area (Å²) in [7, 11) is 6.02. The van der Waals surface area contributed by atoms with Crippen LogP contribution in [0.1, 0.15) is 40.4 Å². The molecule has 0 aromatic heterocycles. The van der Waals surface area contributed by atoms with Crippen molar-refractivity contribution in [1.82, 2.24) is 0 Å². The lowest BCUT2D eigenvalue weighted by molar-refractivity contribution is -0.128. The molecule has 0 saturated carbocycles. The van der Waals surface area contributed by atoms with Gasteiger partial charge in [0.25, 0.3) is 0 Å². The summed E-state index contributed by atoms with van der Waals surface area (Å²) in [5.41, 5.74) is 8.55. The molecule has 1 saturated heterocycles. The molecular formula is C41H39N3O4. The van der Waals surface area contributed by atoms with Crippen LogP contribution in [-0.4, -0.2) is 39.5 Å². The molecule has 1 aliphatic rings. The van der Waals surface area contributed by atoms with E-state index in [9.17, 15) is 9.59 Å². The highest BCUT2D eigenvalue weighted by atomic mass is 16.5. The van der Waals surface area contributed by atoms with Crippen molar-refractivity contribution in [3.8, 4) is 5.75 Å². The lowest BCUT2D eigenvalue weighted by Gasteiger charge is -2.23. The van der Waals surface area contributed by atoms with Gasteiger partial charge in [-0.3, -0.25) is 4.79 Å². The second kappa shape index (κ2) is 14.4. The second-order valence-electron chi connectivity index (χ2n) is 11.8. The van der Waals surface area contributed by atoms with Gasteiger partial charge in [-0.25, -0.2) is 4.79 Å². The standard InChI is InChI=1S/C41H39N3O4/c1-5-40(45)48-38-26-24-37(25-27-38)44(4)36-22-20-35(21-23-36)43(3)34-18-12-31(13-19-34)41(46)30-10-16-33(17-11-30)42(2)32-14-8-29(9-15-32)39-7-6-28-47-39/h5,8-27,39H,1,6-7,28H2,2-4H3. The maximum Gasteiger partial charge on any atom is 0.335 e. The van der Waals surface area contributed by atoms with E-state index in [2.05, 4.69) is 69.8 Å². The highest BCUT2D eigenvalue weighted by Gasteiger charge is 2.18. The first-order chi connectivity index (χ1) is 23.3. The molecule has 48 heavy (non-hydrogen) atoms. The van der Waals surface area contributed by atoms with Crippen LogP contribution in [0.5, 0.6) is 5.75 Å². The first-order valence-corrected chi connectivity index (χ1v) is 16.0. The molecule has 7 nitrogen and oxygen atoms in total. The van der Waals surface area contributed by atoms with Crippen LogP contribution in [0.2, 0.25) is 0 Å². The zero-order valence-corrected chi connectivity index (χ0v) is 27.5. The van der Waals surface area contributed by atoms with Crippen molar-refractivity contribution in [2.45, 2.75) is 18.9 Å². The van der Waals surface area contributed by atoms with Crippen LogP contribution >= 0.6 is 0 Å². The molecule has 0 N–H and O–H groups in total. The Balaban J connectivity index is 1.06. The number of ketones is 1. The predicted molar refractivity (Wildman–Crippen MR) is 194 cm³/mol. The van der Waals surface area contributed by atoms with E-state index in [-0.39, 0.29) is 11.9 Å². The van der Waals surface area contributed by atoms with Gasteiger partial charge in [0, 0.05) is 79.1 Å². The molecule has 5 aromatic carbocycles. The lowest BCUT2D eigenvalue weighted by atomic mass is 10.0. The molecule has 1 aliphatic heterocycles. The van der Waals surface area contributed by atoms with E-state index in [0.29, 0.717) is 16.9 Å². The molecule has 0 bridgehead atoms. The fraction of sp³-hybridized carbons (Fsp3) is 0.171. The summed E-state index contributed by atoms with van der Waals surface area (Å²) in [4.78, 5) is 31.0. The van der Waals surface area contributed by atoms with Gasteiger partial charge in [-0.15, -0.1) is 0 Å². The zero-order valence-electron chi connectivity index (χ0n) is 27.5. The quantitative estimate of drug-likeness (QED) is 0.0619. The number of benzene rings is 5. The lowest BCUT2D eigenvalue weighted by Crippen LogP contribution is -2.12. The van der Waals surface area contributed by atoms with Crippen LogP contribution in [0, 0.1) is 0 Å². The first kappa shape index (κ1) is 32.3. The van der Waals surface area contributed by atoms with Gasteiger partial charge in [0.1, 0.15) is 5.75 Å². The molecule has 0 spiro atoms. The molecule has 1 atom stereocenters. The van der Waals surface area contributed by atoms with E-state index in [1.807, 2.05) is 81.8 Å². The smallest absolute Gasteiger partial charge is 0.335 e. The summed E-state index contributed by atoms with van der Waals surface area (Å²) in [6.45, 7) is 4.26. The summed E-state index contributed by atoms with van der Waals surface area (Å²) in [6, 6.07) is 39.5. The van der Waals surface area contributed by atoms with Crippen LogP contribution in [0.25, 0.3) is 0 Å². The number of esters is 1. The largest absolute Gasteiger partial charge is 0.423 e. The monoisotopic (exact) mass is 637 g/mol. The summed E-state index contributed by atoms with van der Waals surface area (Å²) in [5, 5.41) is 0. The molecule has 0 radical (unpaired) electrons. The Kier molecular flexibility index (Phi) is 9.69. The number of nitrogens with zero attached hydrogens (tertiary/aromatic N) is 3. The third-order valence-electron chi connectivity index (χ3n) is 8.85. The maximum absolute atomic E-state index is 13.3. The van der Waals surface area contributed by atoms with Gasteiger partial charge in [0.05, 0.1) is 6.10 Å². The van der Waals surface area contributed by atoms with Gasteiger partial charge in [0.15, 0.2) is 5.78 Å². The van der Waals surface area contributed by atoms with Gasteiger partial charge in [0.2, 0.25) is 0 Å². The SMILES string of the molecule is C=CC(=O)Oc1ccc(N(C)c2ccc(N(C)c3ccc(C(=O)c4ccc(N(C)c5ccc(C6CCCO6)cc5)cc4)cc3)cc2)cc1. The molecule has 7 heteroatoms. The number of rotatable bonds is 11. The minimum absolute atomic E-state index is 0.0152. The normalized spacial score (nSPS) is 13.9. The van der Waals surface area contributed by atoms with Crippen LogP contribution < -0.4 is 19.4 Å². The number of hydrogen-bond acceptors (Lipinski definition) is 7. The minimum Gasteiger partial charge on any atom is -0.423 e. The van der Waals surface area contributed by atoms with E-state index >= 15 is 0 Å². The van der Waals surface area contributed by atoms with Gasteiger partial charge >= 0.3 is 5.97 Å². The Morgan fingerprint density at radius 1 is 0.625 bits per heavy atom. The van der Waals surface area contributed by atoms with E-state index in [4.69, 9.17) is 9.47 Å². The number of ether oxygens (including phenoxy) is 2. The molecule has 0 aliphatic carbocycles. The Bertz CT molecular complexity index is 1860. The highest BCUT2D eigenvalue weighted by Crippen LogP contribution is 2.32. The first-order valence-electron chi connectivity index (χ1n) is 16.0. The molecule has 0 amide bonds. The molecule has 6 rings (SSSR count). The average Bonchev–Trinajstić information content (AvgIpc) is 3.70. The third kappa shape index (κ3) is 7.17. The van der Waals surface area contributed by atoms with Gasteiger partial charge < -0.3 is 24.2 Å². The fourth-order valence-electron chi connectivity index (χ4n) is 5.84. The van der Waals surface area contributed by atoms with Crippen molar-refractivity contribution in [3.05, 3.63) is 151 Å². The Morgan fingerprint density at radius 3 is 1.38 bits per heavy atom. The Labute approximate surface area is 282 Å². The van der Waals surface area contributed by atoms with Crippen LogP contribution in [0.3, 0.4) is 0 Å². The second-order valence-corrected chi connectivity index (χ2v) is 11.8. The number of hydrogen-bond donors (Lipinski definition) is 0. The maximum atomic E-state index is 13.3. The zero-order chi connectivity index (χ0) is 33.6. The molecule has 1 heterocycles. The summed E-state index contributed by atoms with van der Waals surface area (Å²) < 4.78 is 11.0. The Morgan fingerprint density at radius 2 is 1.00 bits per heavy atom. The number of anilines is 6. The van der Waals surface area contributed by atoms with E-state index in [1.165, 1.54) is 5.56 Å². The number of carbonyl (C=O) groups is 2. The summed E-state index contributed by atoms with van der Waals surface area (Å²) in [5.74, 6) is -0.0344. The predicted octanol–water partition coefficient (Wildman–Crippen LogP) is 9.16. The van der Waals surface area contributed by atoms with Gasteiger partial charge in [-0.2, -0.15) is 0 Å². The van der Waals surface area contributed by atoms with Crippen molar-refractivity contribution in [2.24, 2.45) is 0 Å². The van der Waals surface area contributed by atoms with E-state index < -0.39 is 5.97 Å². The molecular weight excluding hydrogens is 598 g/mol.